The average Bonchev–Trinajstić information content (AvgIpc) is 3.13. The van der Waals surface area contributed by atoms with Gasteiger partial charge in [-0.05, 0) is 62.1 Å². The van der Waals surface area contributed by atoms with Gasteiger partial charge in [0.25, 0.3) is 0 Å². The molecule has 160 valence electrons. The number of rotatable bonds is 6. The quantitative estimate of drug-likeness (QED) is 0.632. The summed E-state index contributed by atoms with van der Waals surface area (Å²) in [5.41, 5.74) is 3.28. The first kappa shape index (κ1) is 19.9. The molecule has 31 heavy (non-hydrogen) atoms. The van der Waals surface area contributed by atoms with Gasteiger partial charge in [-0.15, -0.1) is 11.3 Å². The van der Waals surface area contributed by atoms with Gasteiger partial charge in [-0.2, -0.15) is 4.98 Å². The lowest BCUT2D eigenvalue weighted by atomic mass is 10.1. The molecule has 0 spiro atoms. The van der Waals surface area contributed by atoms with Crippen molar-refractivity contribution in [3.63, 3.8) is 0 Å². The first-order valence-corrected chi connectivity index (χ1v) is 11.4. The van der Waals surface area contributed by atoms with Crippen LogP contribution in [0.4, 0.5) is 5.69 Å². The normalized spacial score (nSPS) is 18.6. The van der Waals surface area contributed by atoms with Crippen molar-refractivity contribution in [1.82, 2.24) is 15.5 Å². The van der Waals surface area contributed by atoms with Crippen molar-refractivity contribution in [2.24, 2.45) is 5.92 Å². The van der Waals surface area contributed by atoms with Crippen molar-refractivity contribution >= 4 is 28.8 Å². The molecule has 8 heteroatoms. The number of benzene rings is 1. The van der Waals surface area contributed by atoms with Crippen molar-refractivity contribution in [3.8, 4) is 10.7 Å². The van der Waals surface area contributed by atoms with Crippen molar-refractivity contribution < 1.29 is 14.1 Å². The van der Waals surface area contributed by atoms with Gasteiger partial charge in [-0.1, -0.05) is 11.2 Å². The summed E-state index contributed by atoms with van der Waals surface area (Å²) in [6.45, 7) is 5.16. The predicted molar refractivity (Wildman–Crippen MR) is 118 cm³/mol. The highest BCUT2D eigenvalue weighted by Crippen LogP contribution is 2.34. The molecule has 2 aliphatic rings. The van der Waals surface area contributed by atoms with Gasteiger partial charge in [-0.25, -0.2) is 0 Å². The number of anilines is 1. The molecule has 3 aromatic rings. The summed E-state index contributed by atoms with van der Waals surface area (Å²) in [4.78, 5) is 32.7. The van der Waals surface area contributed by atoms with Gasteiger partial charge >= 0.3 is 0 Å². The molecule has 1 atom stereocenters. The van der Waals surface area contributed by atoms with Gasteiger partial charge in [0, 0.05) is 29.4 Å². The van der Waals surface area contributed by atoms with Crippen LogP contribution < -0.4 is 10.2 Å². The number of nitrogens with zero attached hydrogens (tertiary/aromatic N) is 3. The summed E-state index contributed by atoms with van der Waals surface area (Å²) >= 11 is 1.54. The number of aromatic nitrogens is 2. The van der Waals surface area contributed by atoms with Gasteiger partial charge in [0.05, 0.1) is 17.3 Å². The van der Waals surface area contributed by atoms with E-state index < -0.39 is 0 Å². The fourth-order valence-electron chi connectivity index (χ4n) is 3.77. The van der Waals surface area contributed by atoms with Crippen LogP contribution in [-0.2, 0) is 16.1 Å². The van der Waals surface area contributed by atoms with Crippen LogP contribution in [0, 0.1) is 19.8 Å². The highest BCUT2D eigenvalue weighted by Gasteiger charge is 2.35. The summed E-state index contributed by atoms with van der Waals surface area (Å²) in [6.07, 6.45) is 2.35. The molecule has 0 radical (unpaired) electrons. The third-order valence-electron chi connectivity index (χ3n) is 5.99. The number of hydrogen-bond acceptors (Lipinski definition) is 6. The maximum Gasteiger partial charge on any atom is 0.232 e. The van der Waals surface area contributed by atoms with Gasteiger partial charge in [0.2, 0.25) is 23.5 Å². The van der Waals surface area contributed by atoms with E-state index in [9.17, 15) is 9.59 Å². The maximum absolute atomic E-state index is 12.6. The highest BCUT2D eigenvalue weighted by atomic mass is 32.1. The highest BCUT2D eigenvalue weighted by molar-refractivity contribution is 7.15. The van der Waals surface area contributed by atoms with E-state index in [4.69, 9.17) is 4.52 Å². The zero-order valence-electron chi connectivity index (χ0n) is 17.6. The topological polar surface area (TPSA) is 88.3 Å². The zero-order chi connectivity index (χ0) is 21.5. The minimum absolute atomic E-state index is 0.0674. The predicted octanol–water partition coefficient (Wildman–Crippen LogP) is 3.96. The molecule has 1 saturated heterocycles. The number of nitrogens with one attached hydrogen (secondary N) is 1. The largest absolute Gasteiger partial charge is 0.351 e. The minimum Gasteiger partial charge on any atom is -0.351 e. The van der Waals surface area contributed by atoms with E-state index in [-0.39, 0.29) is 23.7 Å². The van der Waals surface area contributed by atoms with Crippen molar-refractivity contribution in [2.75, 3.05) is 11.4 Å². The van der Waals surface area contributed by atoms with E-state index in [0.29, 0.717) is 31.2 Å². The van der Waals surface area contributed by atoms with E-state index >= 15 is 0 Å². The Balaban J connectivity index is 1.26. The van der Waals surface area contributed by atoms with Crippen LogP contribution in [0.25, 0.3) is 10.7 Å². The van der Waals surface area contributed by atoms with Crippen molar-refractivity contribution in [3.05, 3.63) is 52.2 Å². The summed E-state index contributed by atoms with van der Waals surface area (Å²) in [5.74, 6) is 1.31. The van der Waals surface area contributed by atoms with E-state index in [1.165, 1.54) is 16.9 Å². The first-order chi connectivity index (χ1) is 15.0. The minimum atomic E-state index is -0.118. The number of carbonyl (C=O) groups is 2. The third kappa shape index (κ3) is 4.12. The second-order valence-electron chi connectivity index (χ2n) is 8.39. The summed E-state index contributed by atoms with van der Waals surface area (Å²) in [5, 5.41) is 7.11. The first-order valence-electron chi connectivity index (χ1n) is 10.6. The standard InChI is InChI=1S/C23H24N4O3S/c1-13-3-6-17(9-14(13)2)27-12-16(10-20(27)28)23-25-21(26-30-23)19-8-7-18(31-19)11-24-22(29)15-4-5-15/h3,6-9,15-16H,4-5,10-12H2,1-2H3,(H,24,29)/t16-/m1/s1. The molecule has 2 amide bonds. The lowest BCUT2D eigenvalue weighted by Gasteiger charge is -2.17. The SMILES string of the molecule is Cc1ccc(N2C[C@H](c3nc(-c4ccc(CNC(=O)C5CC5)s4)no3)CC2=O)cc1C. The Kier molecular flexibility index (Phi) is 5.09. The molecule has 2 fully saturated rings. The number of amides is 2. The molecule has 1 saturated carbocycles. The third-order valence-corrected chi connectivity index (χ3v) is 7.07. The molecular formula is C23H24N4O3S. The summed E-state index contributed by atoms with van der Waals surface area (Å²) < 4.78 is 5.52. The van der Waals surface area contributed by atoms with E-state index in [1.54, 1.807) is 4.90 Å². The monoisotopic (exact) mass is 436 g/mol. The Morgan fingerprint density at radius 2 is 2.06 bits per heavy atom. The summed E-state index contributed by atoms with van der Waals surface area (Å²) in [7, 11) is 0. The Morgan fingerprint density at radius 3 is 2.84 bits per heavy atom. The molecule has 1 aliphatic carbocycles. The van der Waals surface area contributed by atoms with Crippen LogP contribution in [0.5, 0.6) is 0 Å². The smallest absolute Gasteiger partial charge is 0.232 e. The number of aryl methyl sites for hydroxylation is 2. The van der Waals surface area contributed by atoms with Gasteiger partial charge in [0.15, 0.2) is 0 Å². The van der Waals surface area contributed by atoms with Crippen LogP contribution in [0.2, 0.25) is 0 Å². The summed E-state index contributed by atoms with van der Waals surface area (Å²) in [6, 6.07) is 9.99. The molecule has 5 rings (SSSR count). The van der Waals surface area contributed by atoms with Crippen LogP contribution in [0.1, 0.15) is 47.1 Å². The van der Waals surface area contributed by atoms with E-state index in [0.717, 1.165) is 33.8 Å². The lowest BCUT2D eigenvalue weighted by molar-refractivity contribution is -0.122. The fraction of sp³-hybridized carbons (Fsp3) is 0.391. The molecule has 3 heterocycles. The number of carbonyl (C=O) groups excluding carboxylic acids is 2. The molecule has 7 nitrogen and oxygen atoms in total. The molecule has 0 bridgehead atoms. The second kappa shape index (κ2) is 7.92. The van der Waals surface area contributed by atoms with Crippen molar-refractivity contribution in [2.45, 2.75) is 45.6 Å². The fourth-order valence-corrected chi connectivity index (χ4v) is 4.65. The molecule has 1 aliphatic heterocycles. The molecule has 1 aromatic carbocycles. The van der Waals surface area contributed by atoms with Crippen LogP contribution in [0.3, 0.4) is 0 Å². The van der Waals surface area contributed by atoms with Gasteiger partial charge < -0.3 is 14.7 Å². The van der Waals surface area contributed by atoms with E-state index in [2.05, 4.69) is 22.4 Å². The average molecular weight is 437 g/mol. The molecular weight excluding hydrogens is 412 g/mol. The molecule has 0 unspecified atom stereocenters. The Morgan fingerprint density at radius 1 is 1.23 bits per heavy atom. The van der Waals surface area contributed by atoms with Gasteiger partial charge in [-0.3, -0.25) is 9.59 Å². The molecule has 1 N–H and O–H groups in total. The Hall–Kier alpha value is -3.00. The van der Waals surface area contributed by atoms with Crippen molar-refractivity contribution in [1.29, 1.82) is 0 Å². The van der Waals surface area contributed by atoms with Crippen LogP contribution >= 0.6 is 11.3 Å². The van der Waals surface area contributed by atoms with Crippen LogP contribution in [0.15, 0.2) is 34.9 Å². The lowest BCUT2D eigenvalue weighted by Crippen LogP contribution is -2.24. The Labute approximate surface area is 184 Å². The number of hydrogen-bond donors (Lipinski definition) is 1. The zero-order valence-corrected chi connectivity index (χ0v) is 18.4. The second-order valence-corrected chi connectivity index (χ2v) is 9.56. The number of thiophene rings is 1. The molecule has 2 aromatic heterocycles. The van der Waals surface area contributed by atoms with Gasteiger partial charge in [0.1, 0.15) is 0 Å². The Bertz CT molecular complexity index is 1150. The van der Waals surface area contributed by atoms with Crippen LogP contribution in [-0.4, -0.2) is 28.5 Å². The van der Waals surface area contributed by atoms with E-state index in [1.807, 2.05) is 37.3 Å². The maximum atomic E-state index is 12.6.